The van der Waals surface area contributed by atoms with Crippen molar-refractivity contribution >= 4 is 37.5 Å². The lowest BCUT2D eigenvalue weighted by atomic mass is 10.2. The van der Waals surface area contributed by atoms with Gasteiger partial charge in [-0.05, 0) is 28.1 Å². The van der Waals surface area contributed by atoms with E-state index < -0.39 is 0 Å². The second kappa shape index (κ2) is 4.47. The van der Waals surface area contributed by atoms with E-state index in [4.69, 9.17) is 9.47 Å². The number of aromatic nitrogens is 1. The molecule has 0 spiro atoms. The summed E-state index contributed by atoms with van der Waals surface area (Å²) in [6.45, 7) is 0.546. The van der Waals surface area contributed by atoms with E-state index in [0.29, 0.717) is 6.61 Å². The van der Waals surface area contributed by atoms with Gasteiger partial charge in [-0.1, -0.05) is 0 Å². The second-order valence-electron chi connectivity index (χ2n) is 3.03. The fourth-order valence-corrected chi connectivity index (χ4v) is 2.89. The zero-order valence-corrected chi connectivity index (χ0v) is 10.8. The molecule has 80 valence electrons. The van der Waals surface area contributed by atoms with Gasteiger partial charge in [-0.25, -0.2) is 4.98 Å². The summed E-state index contributed by atoms with van der Waals surface area (Å²) < 4.78 is 12.3. The molecule has 0 saturated heterocycles. The first-order chi connectivity index (χ1) is 7.24. The molecule has 0 aliphatic rings. The summed E-state index contributed by atoms with van der Waals surface area (Å²) in [7, 11) is 3.33. The maximum Gasteiger partial charge on any atom is 0.160 e. The van der Waals surface area contributed by atoms with Gasteiger partial charge in [-0.3, -0.25) is 0 Å². The highest BCUT2D eigenvalue weighted by atomic mass is 79.9. The zero-order chi connectivity index (χ0) is 10.8. The van der Waals surface area contributed by atoms with Crippen LogP contribution in [0.5, 0.6) is 5.75 Å². The molecule has 0 aliphatic carbocycles. The first kappa shape index (κ1) is 10.9. The molecule has 1 heterocycles. The number of hydrogen-bond acceptors (Lipinski definition) is 4. The number of fused-ring (bicyclic) bond motifs is 1. The van der Waals surface area contributed by atoms with Crippen LogP contribution in [0.4, 0.5) is 0 Å². The fraction of sp³-hybridized carbons (Fsp3) is 0.300. The number of methoxy groups -OCH3 is 2. The molecule has 0 saturated carbocycles. The summed E-state index contributed by atoms with van der Waals surface area (Å²) in [4.78, 5) is 4.41. The number of nitrogens with zero attached hydrogens (tertiary/aromatic N) is 1. The van der Waals surface area contributed by atoms with E-state index in [1.165, 1.54) is 0 Å². The van der Waals surface area contributed by atoms with Crippen molar-refractivity contribution in [2.24, 2.45) is 0 Å². The van der Waals surface area contributed by atoms with E-state index in [9.17, 15) is 0 Å². The largest absolute Gasteiger partial charge is 0.497 e. The van der Waals surface area contributed by atoms with Crippen LogP contribution in [0.1, 0.15) is 5.56 Å². The van der Waals surface area contributed by atoms with Crippen LogP contribution in [-0.2, 0) is 11.3 Å². The van der Waals surface area contributed by atoms with E-state index in [2.05, 4.69) is 20.9 Å². The van der Waals surface area contributed by atoms with E-state index >= 15 is 0 Å². The molecule has 0 bridgehead atoms. The number of thiazole rings is 1. The second-order valence-corrected chi connectivity index (χ2v) is 5.34. The van der Waals surface area contributed by atoms with Gasteiger partial charge in [0, 0.05) is 12.7 Å². The Hall–Kier alpha value is -0.650. The van der Waals surface area contributed by atoms with Gasteiger partial charge < -0.3 is 9.47 Å². The molecule has 3 nitrogen and oxygen atoms in total. The van der Waals surface area contributed by atoms with Crippen molar-refractivity contribution in [3.05, 3.63) is 21.6 Å². The number of ether oxygens (including phenoxy) is 2. The topological polar surface area (TPSA) is 31.4 Å². The molecule has 2 aromatic rings. The molecule has 0 fully saturated rings. The highest BCUT2D eigenvalue weighted by Gasteiger charge is 2.09. The molecular formula is C10H10BrNO2S. The van der Waals surface area contributed by atoms with Crippen LogP contribution in [0.2, 0.25) is 0 Å². The van der Waals surface area contributed by atoms with Crippen LogP contribution in [0.3, 0.4) is 0 Å². The Kier molecular flexibility index (Phi) is 3.23. The molecule has 1 aromatic heterocycles. The van der Waals surface area contributed by atoms with Gasteiger partial charge in [0.15, 0.2) is 3.92 Å². The summed E-state index contributed by atoms with van der Waals surface area (Å²) in [5.74, 6) is 0.839. The van der Waals surface area contributed by atoms with E-state index in [0.717, 1.165) is 25.4 Å². The molecule has 0 amide bonds. The standard InChI is InChI=1S/C10H10BrNO2S/c1-13-5-6-3-7(14-2)4-8-9(6)12-10(11)15-8/h3-4H,5H2,1-2H3. The molecule has 0 unspecified atom stereocenters. The van der Waals surface area contributed by atoms with Crippen molar-refractivity contribution in [2.45, 2.75) is 6.61 Å². The lowest BCUT2D eigenvalue weighted by Crippen LogP contribution is -1.91. The predicted octanol–water partition coefficient (Wildman–Crippen LogP) is 3.21. The van der Waals surface area contributed by atoms with Crippen LogP contribution in [-0.4, -0.2) is 19.2 Å². The normalized spacial score (nSPS) is 10.9. The number of rotatable bonds is 3. The van der Waals surface area contributed by atoms with E-state index in [1.807, 2.05) is 12.1 Å². The highest BCUT2D eigenvalue weighted by Crippen LogP contribution is 2.32. The average Bonchev–Trinajstić information content (AvgIpc) is 2.58. The third-order valence-corrected chi connectivity index (χ3v) is 3.51. The van der Waals surface area contributed by atoms with Gasteiger partial charge in [0.05, 0.1) is 23.9 Å². The van der Waals surface area contributed by atoms with Gasteiger partial charge in [-0.2, -0.15) is 0 Å². The Morgan fingerprint density at radius 1 is 1.40 bits per heavy atom. The lowest BCUT2D eigenvalue weighted by Gasteiger charge is -2.04. The molecule has 15 heavy (non-hydrogen) atoms. The number of hydrogen-bond donors (Lipinski definition) is 0. The summed E-state index contributed by atoms with van der Waals surface area (Å²) in [6.07, 6.45) is 0. The zero-order valence-electron chi connectivity index (χ0n) is 8.41. The molecule has 0 N–H and O–H groups in total. The maximum absolute atomic E-state index is 5.23. The molecular weight excluding hydrogens is 278 g/mol. The predicted molar refractivity (Wildman–Crippen MR) is 64.6 cm³/mol. The van der Waals surface area contributed by atoms with Gasteiger partial charge in [-0.15, -0.1) is 11.3 Å². The maximum atomic E-state index is 5.23. The average molecular weight is 288 g/mol. The Balaban J connectivity index is 2.62. The molecule has 0 atom stereocenters. The van der Waals surface area contributed by atoms with Gasteiger partial charge in [0.25, 0.3) is 0 Å². The van der Waals surface area contributed by atoms with Gasteiger partial charge in [0.2, 0.25) is 0 Å². The Morgan fingerprint density at radius 2 is 2.20 bits per heavy atom. The highest BCUT2D eigenvalue weighted by molar-refractivity contribution is 9.11. The first-order valence-electron chi connectivity index (χ1n) is 4.36. The van der Waals surface area contributed by atoms with Crippen LogP contribution >= 0.6 is 27.3 Å². The molecule has 0 radical (unpaired) electrons. The molecule has 2 rings (SSSR count). The van der Waals surface area contributed by atoms with Gasteiger partial charge >= 0.3 is 0 Å². The SMILES string of the molecule is COCc1cc(OC)cc2sc(Br)nc12. The number of halogens is 1. The molecule has 0 aliphatic heterocycles. The van der Waals surface area contributed by atoms with Crippen molar-refractivity contribution in [1.82, 2.24) is 4.98 Å². The van der Waals surface area contributed by atoms with Crippen LogP contribution in [0, 0.1) is 0 Å². The smallest absolute Gasteiger partial charge is 0.160 e. The minimum atomic E-state index is 0.546. The Morgan fingerprint density at radius 3 is 2.87 bits per heavy atom. The summed E-state index contributed by atoms with van der Waals surface area (Å²) >= 11 is 4.97. The van der Waals surface area contributed by atoms with Crippen LogP contribution in [0.25, 0.3) is 10.2 Å². The fourth-order valence-electron chi connectivity index (χ4n) is 1.43. The van der Waals surface area contributed by atoms with Crippen molar-refractivity contribution in [2.75, 3.05) is 14.2 Å². The van der Waals surface area contributed by atoms with Crippen molar-refractivity contribution in [3.8, 4) is 5.75 Å². The first-order valence-corrected chi connectivity index (χ1v) is 5.97. The van der Waals surface area contributed by atoms with E-state index in [1.54, 1.807) is 25.6 Å². The van der Waals surface area contributed by atoms with Crippen LogP contribution < -0.4 is 4.74 Å². The molecule has 5 heteroatoms. The lowest BCUT2D eigenvalue weighted by molar-refractivity contribution is 0.185. The van der Waals surface area contributed by atoms with E-state index in [-0.39, 0.29) is 0 Å². The van der Waals surface area contributed by atoms with Crippen molar-refractivity contribution in [1.29, 1.82) is 0 Å². The van der Waals surface area contributed by atoms with Crippen LogP contribution in [0.15, 0.2) is 16.0 Å². The summed E-state index contributed by atoms with van der Waals surface area (Å²) in [5.41, 5.74) is 2.03. The number of benzene rings is 1. The quantitative estimate of drug-likeness (QED) is 0.869. The third kappa shape index (κ3) is 2.14. The monoisotopic (exact) mass is 287 g/mol. The van der Waals surface area contributed by atoms with Crippen molar-refractivity contribution < 1.29 is 9.47 Å². The minimum absolute atomic E-state index is 0.546. The third-order valence-electron chi connectivity index (χ3n) is 2.06. The Bertz CT molecular complexity index is 483. The van der Waals surface area contributed by atoms with Gasteiger partial charge in [0.1, 0.15) is 5.75 Å². The summed E-state index contributed by atoms with van der Waals surface area (Å²) in [5, 5.41) is 0. The summed E-state index contributed by atoms with van der Waals surface area (Å²) in [6, 6.07) is 3.94. The molecule has 1 aromatic carbocycles. The Labute approximate surface area is 100 Å². The van der Waals surface area contributed by atoms with Crippen molar-refractivity contribution in [3.63, 3.8) is 0 Å². The minimum Gasteiger partial charge on any atom is -0.497 e.